The van der Waals surface area contributed by atoms with Crippen molar-refractivity contribution >= 4 is 11.3 Å². The van der Waals surface area contributed by atoms with Gasteiger partial charge in [0, 0.05) is 43.3 Å². The Morgan fingerprint density at radius 2 is 2.20 bits per heavy atom. The van der Waals surface area contributed by atoms with Crippen molar-refractivity contribution in [2.75, 3.05) is 26.7 Å². The second-order valence-electron chi connectivity index (χ2n) is 7.21. The topological polar surface area (TPSA) is 37.2 Å². The molecule has 0 radical (unpaired) electrons. The lowest BCUT2D eigenvalue weighted by atomic mass is 9.85. The molecule has 3 rings (SSSR count). The first-order chi connectivity index (χ1) is 12.1. The highest BCUT2D eigenvalue weighted by Crippen LogP contribution is 2.36. The Balaban J connectivity index is 1.69. The highest BCUT2D eigenvalue weighted by atomic mass is 32.1. The molecule has 138 valence electrons. The van der Waals surface area contributed by atoms with Gasteiger partial charge in [0.05, 0.1) is 16.9 Å². The van der Waals surface area contributed by atoms with E-state index in [1.165, 1.54) is 35.7 Å². The number of thiazole rings is 1. The molecule has 0 saturated carbocycles. The summed E-state index contributed by atoms with van der Waals surface area (Å²) in [5.74, 6) is 0.646. The molecule has 0 aliphatic carbocycles. The second kappa shape index (κ2) is 8.43. The van der Waals surface area contributed by atoms with Crippen LogP contribution in [0.1, 0.15) is 49.0 Å². The van der Waals surface area contributed by atoms with Crippen LogP contribution >= 0.6 is 11.3 Å². The maximum absolute atomic E-state index is 4.73. The highest BCUT2D eigenvalue weighted by molar-refractivity contribution is 7.09. The molecule has 2 aromatic rings. The van der Waals surface area contributed by atoms with Crippen LogP contribution in [0.2, 0.25) is 0 Å². The number of rotatable bonds is 7. The number of hydrogen-bond acceptors (Lipinski definition) is 5. The molecule has 0 bridgehead atoms. The maximum Gasteiger partial charge on any atom is 0.0926 e. The van der Waals surface area contributed by atoms with Crippen LogP contribution in [0.15, 0.2) is 17.8 Å². The number of likely N-dealkylation sites (tertiary alicyclic amines) is 1. The van der Waals surface area contributed by atoms with Crippen molar-refractivity contribution in [2.45, 2.75) is 45.7 Å². The minimum Gasteiger partial charge on any atom is -0.300 e. The molecule has 2 atom stereocenters. The van der Waals surface area contributed by atoms with Gasteiger partial charge in [-0.1, -0.05) is 13.8 Å². The van der Waals surface area contributed by atoms with Crippen LogP contribution in [0.3, 0.4) is 0 Å². The van der Waals surface area contributed by atoms with Gasteiger partial charge in [-0.3, -0.25) is 9.58 Å². The summed E-state index contributed by atoms with van der Waals surface area (Å²) < 4.78 is 1.93. The molecule has 25 heavy (non-hydrogen) atoms. The lowest BCUT2D eigenvalue weighted by Crippen LogP contribution is -2.42. The van der Waals surface area contributed by atoms with Crippen molar-refractivity contribution in [1.82, 2.24) is 24.6 Å². The van der Waals surface area contributed by atoms with E-state index in [9.17, 15) is 0 Å². The van der Waals surface area contributed by atoms with E-state index in [4.69, 9.17) is 4.98 Å². The van der Waals surface area contributed by atoms with E-state index < -0.39 is 0 Å². The number of aromatic nitrogens is 3. The average Bonchev–Trinajstić information content (AvgIpc) is 3.23. The van der Waals surface area contributed by atoms with Gasteiger partial charge in [-0.15, -0.1) is 11.3 Å². The molecule has 1 aliphatic heterocycles. The summed E-state index contributed by atoms with van der Waals surface area (Å²) >= 11 is 1.78. The molecule has 6 heteroatoms. The van der Waals surface area contributed by atoms with Crippen LogP contribution in [0, 0.1) is 5.92 Å². The Hall–Kier alpha value is -1.24. The number of hydrogen-bond donors (Lipinski definition) is 0. The van der Waals surface area contributed by atoms with Crippen molar-refractivity contribution in [3.8, 4) is 0 Å². The van der Waals surface area contributed by atoms with Gasteiger partial charge in [0.15, 0.2) is 0 Å². The Bertz CT molecular complexity index is 664. The summed E-state index contributed by atoms with van der Waals surface area (Å²) in [6, 6.07) is 0.483. The fourth-order valence-corrected chi connectivity index (χ4v) is 4.83. The number of aryl methyl sites for hydroxylation is 2. The van der Waals surface area contributed by atoms with Gasteiger partial charge in [-0.2, -0.15) is 5.10 Å². The van der Waals surface area contributed by atoms with Crippen LogP contribution in [0.5, 0.6) is 0 Å². The molecule has 3 heterocycles. The SMILES string of the molecule is CCc1nc(CN(C)C[C@@H]2CCCN(CC)[C@H]2c2cnn(C)c2)cs1. The quantitative estimate of drug-likeness (QED) is 0.758. The molecule has 1 aliphatic rings. The van der Waals surface area contributed by atoms with Crippen molar-refractivity contribution in [2.24, 2.45) is 13.0 Å². The smallest absolute Gasteiger partial charge is 0.0926 e. The van der Waals surface area contributed by atoms with Crippen LogP contribution in [0.4, 0.5) is 0 Å². The van der Waals surface area contributed by atoms with Gasteiger partial charge in [-0.25, -0.2) is 4.98 Å². The van der Waals surface area contributed by atoms with Crippen LogP contribution in [-0.4, -0.2) is 51.2 Å². The van der Waals surface area contributed by atoms with Crippen molar-refractivity contribution < 1.29 is 0 Å². The molecular weight excluding hydrogens is 330 g/mol. The van der Waals surface area contributed by atoms with Crippen molar-refractivity contribution in [3.05, 3.63) is 34.0 Å². The zero-order valence-electron chi connectivity index (χ0n) is 16.0. The summed E-state index contributed by atoms with van der Waals surface area (Å²) in [5, 5.41) is 7.88. The van der Waals surface area contributed by atoms with E-state index in [0.717, 1.165) is 26.1 Å². The highest BCUT2D eigenvalue weighted by Gasteiger charge is 2.33. The van der Waals surface area contributed by atoms with Crippen LogP contribution < -0.4 is 0 Å². The summed E-state index contributed by atoms with van der Waals surface area (Å²) in [5.41, 5.74) is 2.58. The van der Waals surface area contributed by atoms with Gasteiger partial charge in [0.2, 0.25) is 0 Å². The Kier molecular flexibility index (Phi) is 6.25. The third kappa shape index (κ3) is 4.49. The Labute approximate surface area is 155 Å². The minimum atomic E-state index is 0.483. The lowest BCUT2D eigenvalue weighted by molar-refractivity contribution is 0.0747. The molecule has 0 aromatic carbocycles. The zero-order chi connectivity index (χ0) is 17.8. The Morgan fingerprint density at radius 1 is 1.36 bits per heavy atom. The fourth-order valence-electron chi connectivity index (χ4n) is 4.10. The predicted molar refractivity (Wildman–Crippen MR) is 104 cm³/mol. The maximum atomic E-state index is 4.73. The summed E-state index contributed by atoms with van der Waals surface area (Å²) in [4.78, 5) is 9.79. The molecular formula is C19H31N5S. The number of nitrogens with zero attached hydrogens (tertiary/aromatic N) is 5. The first-order valence-corrected chi connectivity index (χ1v) is 10.3. The molecule has 1 fully saturated rings. The molecule has 0 spiro atoms. The fraction of sp³-hybridized carbons (Fsp3) is 0.684. The minimum absolute atomic E-state index is 0.483. The number of piperidine rings is 1. The molecule has 2 aromatic heterocycles. The summed E-state index contributed by atoms with van der Waals surface area (Å²) in [6.07, 6.45) is 7.86. The van der Waals surface area contributed by atoms with E-state index in [2.05, 4.69) is 53.6 Å². The normalized spacial score (nSPS) is 22.0. The van der Waals surface area contributed by atoms with Crippen LogP contribution in [-0.2, 0) is 20.0 Å². The average molecular weight is 362 g/mol. The third-order valence-corrected chi connectivity index (χ3v) is 6.25. The monoisotopic (exact) mass is 361 g/mol. The van der Waals surface area contributed by atoms with E-state index in [1.54, 1.807) is 11.3 Å². The van der Waals surface area contributed by atoms with Gasteiger partial charge in [-0.05, 0) is 45.3 Å². The molecule has 5 nitrogen and oxygen atoms in total. The van der Waals surface area contributed by atoms with Crippen LogP contribution in [0.25, 0.3) is 0 Å². The van der Waals surface area contributed by atoms with E-state index in [1.807, 2.05) is 11.7 Å². The largest absolute Gasteiger partial charge is 0.300 e. The summed E-state index contributed by atoms with van der Waals surface area (Å²) in [6.45, 7) is 8.80. The molecule has 0 unspecified atom stereocenters. The third-order valence-electron chi connectivity index (χ3n) is 5.21. The van der Waals surface area contributed by atoms with E-state index >= 15 is 0 Å². The Morgan fingerprint density at radius 3 is 2.84 bits per heavy atom. The van der Waals surface area contributed by atoms with Gasteiger partial charge in [0.25, 0.3) is 0 Å². The van der Waals surface area contributed by atoms with E-state index in [-0.39, 0.29) is 0 Å². The van der Waals surface area contributed by atoms with Gasteiger partial charge >= 0.3 is 0 Å². The standard InChI is InChI=1S/C19H31N5S/c1-5-18-21-17(14-25-18)13-22(3)11-15-8-7-9-24(6-2)19(15)16-10-20-23(4)12-16/h10,12,14-15,19H,5-9,11,13H2,1-4H3/t15-,19+/m0/s1. The zero-order valence-corrected chi connectivity index (χ0v) is 16.8. The molecule has 0 amide bonds. The predicted octanol–water partition coefficient (Wildman–Crippen LogP) is 3.34. The first-order valence-electron chi connectivity index (χ1n) is 9.45. The first kappa shape index (κ1) is 18.5. The lowest BCUT2D eigenvalue weighted by Gasteiger charge is -2.42. The van der Waals surface area contributed by atoms with Gasteiger partial charge in [0.1, 0.15) is 0 Å². The molecule has 0 N–H and O–H groups in total. The van der Waals surface area contributed by atoms with Gasteiger partial charge < -0.3 is 4.90 Å². The van der Waals surface area contributed by atoms with Crippen molar-refractivity contribution in [3.63, 3.8) is 0 Å². The van der Waals surface area contributed by atoms with Crippen molar-refractivity contribution in [1.29, 1.82) is 0 Å². The molecule has 1 saturated heterocycles. The second-order valence-corrected chi connectivity index (χ2v) is 8.15. The summed E-state index contributed by atoms with van der Waals surface area (Å²) in [7, 11) is 4.24. The van der Waals surface area contributed by atoms with E-state index in [0.29, 0.717) is 12.0 Å².